The van der Waals surface area contributed by atoms with Gasteiger partial charge in [-0.2, -0.15) is 0 Å². The molecule has 19 heavy (non-hydrogen) atoms. The lowest BCUT2D eigenvalue weighted by molar-refractivity contribution is -0.133. The van der Waals surface area contributed by atoms with E-state index < -0.39 is 5.97 Å². The standard InChI is InChI=1S/C15H20O3S/c1-18-13-8-4-2-6-11(13)12-7-3-5-9-14(12)19-10-15(16)17/h2,4,6,8,12,14H,3,5,7,9-10H2,1H3,(H,16,17)/t12-,14+/m1/s1. The zero-order valence-corrected chi connectivity index (χ0v) is 12.0. The first kappa shape index (κ1) is 14.3. The van der Waals surface area contributed by atoms with Crippen LogP contribution in [-0.2, 0) is 4.79 Å². The predicted molar refractivity (Wildman–Crippen MR) is 78.1 cm³/mol. The van der Waals surface area contributed by atoms with Gasteiger partial charge in [0.25, 0.3) is 0 Å². The van der Waals surface area contributed by atoms with Crippen molar-refractivity contribution in [3.05, 3.63) is 29.8 Å². The zero-order chi connectivity index (χ0) is 13.7. The van der Waals surface area contributed by atoms with Gasteiger partial charge in [0.05, 0.1) is 12.9 Å². The summed E-state index contributed by atoms with van der Waals surface area (Å²) in [6.07, 6.45) is 4.63. The molecule has 1 N–H and O–H groups in total. The van der Waals surface area contributed by atoms with Crippen LogP contribution in [0.3, 0.4) is 0 Å². The highest BCUT2D eigenvalue weighted by atomic mass is 32.2. The summed E-state index contributed by atoms with van der Waals surface area (Å²) in [5.74, 6) is 0.801. The highest BCUT2D eigenvalue weighted by Crippen LogP contribution is 2.42. The summed E-state index contributed by atoms with van der Waals surface area (Å²) in [6, 6.07) is 8.11. The van der Waals surface area contributed by atoms with Crippen molar-refractivity contribution in [3.63, 3.8) is 0 Å². The largest absolute Gasteiger partial charge is 0.496 e. The monoisotopic (exact) mass is 280 g/mol. The van der Waals surface area contributed by atoms with E-state index in [1.165, 1.54) is 18.4 Å². The summed E-state index contributed by atoms with van der Waals surface area (Å²) in [4.78, 5) is 10.8. The van der Waals surface area contributed by atoms with Gasteiger partial charge in [-0.3, -0.25) is 4.79 Å². The minimum Gasteiger partial charge on any atom is -0.496 e. The fourth-order valence-electron chi connectivity index (χ4n) is 2.80. The van der Waals surface area contributed by atoms with Gasteiger partial charge >= 0.3 is 5.97 Å². The number of aliphatic carboxylic acids is 1. The first-order chi connectivity index (χ1) is 9.22. The topological polar surface area (TPSA) is 46.5 Å². The molecule has 1 aliphatic carbocycles. The summed E-state index contributed by atoms with van der Waals surface area (Å²) in [7, 11) is 1.70. The molecule has 2 atom stereocenters. The van der Waals surface area contributed by atoms with E-state index in [0.29, 0.717) is 11.2 Å². The molecule has 4 heteroatoms. The number of methoxy groups -OCH3 is 1. The second-order valence-electron chi connectivity index (χ2n) is 4.88. The zero-order valence-electron chi connectivity index (χ0n) is 11.2. The number of thioether (sulfide) groups is 1. The third-order valence-electron chi connectivity index (χ3n) is 3.66. The maximum Gasteiger partial charge on any atom is 0.313 e. The molecule has 0 aromatic heterocycles. The van der Waals surface area contributed by atoms with Crippen molar-refractivity contribution in [2.24, 2.45) is 0 Å². The van der Waals surface area contributed by atoms with Crippen molar-refractivity contribution < 1.29 is 14.6 Å². The van der Waals surface area contributed by atoms with Gasteiger partial charge in [0, 0.05) is 5.25 Å². The summed E-state index contributed by atoms with van der Waals surface area (Å²) in [6.45, 7) is 0. The lowest BCUT2D eigenvalue weighted by Gasteiger charge is -2.32. The Bertz CT molecular complexity index is 433. The van der Waals surface area contributed by atoms with E-state index in [2.05, 4.69) is 6.07 Å². The lowest BCUT2D eigenvalue weighted by atomic mass is 9.83. The van der Waals surface area contributed by atoms with Crippen LogP contribution in [0.5, 0.6) is 5.75 Å². The van der Waals surface area contributed by atoms with Gasteiger partial charge in [0.2, 0.25) is 0 Å². The molecule has 1 saturated carbocycles. The van der Waals surface area contributed by atoms with Crippen molar-refractivity contribution in [3.8, 4) is 5.75 Å². The Kier molecular flexibility index (Phi) is 5.14. The Labute approximate surface area is 118 Å². The number of carbonyl (C=O) groups is 1. The molecule has 0 radical (unpaired) electrons. The first-order valence-corrected chi connectivity index (χ1v) is 7.73. The van der Waals surface area contributed by atoms with Crippen LogP contribution in [0, 0.1) is 0 Å². The SMILES string of the molecule is COc1ccccc1[C@H]1CCCC[C@@H]1SCC(=O)O. The number of rotatable bonds is 5. The van der Waals surface area contributed by atoms with Crippen LogP contribution in [0.4, 0.5) is 0 Å². The third-order valence-corrected chi connectivity index (χ3v) is 5.07. The van der Waals surface area contributed by atoms with E-state index >= 15 is 0 Å². The molecule has 2 rings (SSSR count). The van der Waals surface area contributed by atoms with Crippen molar-refractivity contribution >= 4 is 17.7 Å². The number of hydrogen-bond acceptors (Lipinski definition) is 3. The molecule has 0 heterocycles. The normalized spacial score (nSPS) is 23.0. The Morgan fingerprint density at radius 1 is 1.37 bits per heavy atom. The fourth-order valence-corrected chi connectivity index (χ4v) is 4.01. The average Bonchev–Trinajstić information content (AvgIpc) is 2.45. The maximum atomic E-state index is 10.8. The minimum atomic E-state index is -0.727. The maximum absolute atomic E-state index is 10.8. The molecule has 1 aliphatic rings. The van der Waals surface area contributed by atoms with Crippen LogP contribution in [0.15, 0.2) is 24.3 Å². The van der Waals surface area contributed by atoms with E-state index in [1.54, 1.807) is 18.9 Å². The lowest BCUT2D eigenvalue weighted by Crippen LogP contribution is -2.22. The highest BCUT2D eigenvalue weighted by Gasteiger charge is 2.29. The number of carboxylic acid groups (broad SMARTS) is 1. The quantitative estimate of drug-likeness (QED) is 0.896. The Morgan fingerprint density at radius 2 is 2.11 bits per heavy atom. The molecule has 0 spiro atoms. The van der Waals surface area contributed by atoms with Crippen molar-refractivity contribution in [2.45, 2.75) is 36.9 Å². The summed E-state index contributed by atoms with van der Waals surface area (Å²) < 4.78 is 5.45. The van der Waals surface area contributed by atoms with Gasteiger partial charge in [-0.15, -0.1) is 11.8 Å². The first-order valence-electron chi connectivity index (χ1n) is 6.68. The molecule has 0 saturated heterocycles. The summed E-state index contributed by atoms with van der Waals surface area (Å²) >= 11 is 1.57. The molecule has 0 bridgehead atoms. The van der Waals surface area contributed by atoms with E-state index in [0.717, 1.165) is 18.6 Å². The van der Waals surface area contributed by atoms with Gasteiger partial charge in [-0.25, -0.2) is 0 Å². The smallest absolute Gasteiger partial charge is 0.313 e. The van der Waals surface area contributed by atoms with Crippen LogP contribution in [-0.4, -0.2) is 29.2 Å². The van der Waals surface area contributed by atoms with Crippen LogP contribution in [0.1, 0.15) is 37.2 Å². The number of para-hydroxylation sites is 1. The van der Waals surface area contributed by atoms with E-state index in [1.807, 2.05) is 18.2 Å². The third kappa shape index (κ3) is 3.66. The van der Waals surface area contributed by atoms with Crippen molar-refractivity contribution in [2.75, 3.05) is 12.9 Å². The van der Waals surface area contributed by atoms with Crippen LogP contribution >= 0.6 is 11.8 Å². The van der Waals surface area contributed by atoms with Crippen molar-refractivity contribution in [1.29, 1.82) is 0 Å². The molecule has 0 aliphatic heterocycles. The van der Waals surface area contributed by atoms with Gasteiger partial charge < -0.3 is 9.84 Å². The second kappa shape index (κ2) is 6.85. The molecule has 1 fully saturated rings. The molecule has 0 unspecified atom stereocenters. The van der Waals surface area contributed by atoms with Crippen LogP contribution < -0.4 is 4.74 Å². The molecule has 1 aromatic carbocycles. The Hall–Kier alpha value is -1.16. The number of benzene rings is 1. The average molecular weight is 280 g/mol. The number of carboxylic acids is 1. The van der Waals surface area contributed by atoms with Gasteiger partial charge in [-0.05, 0) is 30.4 Å². The van der Waals surface area contributed by atoms with Gasteiger partial charge in [0.15, 0.2) is 0 Å². The summed E-state index contributed by atoms with van der Waals surface area (Å²) in [5.41, 5.74) is 1.23. The van der Waals surface area contributed by atoms with E-state index in [4.69, 9.17) is 9.84 Å². The van der Waals surface area contributed by atoms with Gasteiger partial charge in [-0.1, -0.05) is 31.0 Å². The predicted octanol–water partition coefficient (Wildman–Crippen LogP) is 3.54. The fraction of sp³-hybridized carbons (Fsp3) is 0.533. The molecular weight excluding hydrogens is 260 g/mol. The molecule has 3 nitrogen and oxygen atoms in total. The van der Waals surface area contributed by atoms with E-state index in [-0.39, 0.29) is 5.75 Å². The summed E-state index contributed by atoms with van der Waals surface area (Å²) in [5, 5.41) is 9.25. The highest BCUT2D eigenvalue weighted by molar-refractivity contribution is 8.00. The molecule has 104 valence electrons. The molecular formula is C15H20O3S. The van der Waals surface area contributed by atoms with Crippen LogP contribution in [0.25, 0.3) is 0 Å². The number of ether oxygens (including phenoxy) is 1. The number of hydrogen-bond donors (Lipinski definition) is 1. The van der Waals surface area contributed by atoms with Gasteiger partial charge in [0.1, 0.15) is 5.75 Å². The molecule has 1 aromatic rings. The van der Waals surface area contributed by atoms with Crippen LogP contribution in [0.2, 0.25) is 0 Å². The molecule has 0 amide bonds. The van der Waals surface area contributed by atoms with E-state index in [9.17, 15) is 4.79 Å². The second-order valence-corrected chi connectivity index (χ2v) is 6.10. The Morgan fingerprint density at radius 3 is 2.84 bits per heavy atom. The Balaban J connectivity index is 2.16. The van der Waals surface area contributed by atoms with Crippen molar-refractivity contribution in [1.82, 2.24) is 0 Å². The minimum absolute atomic E-state index is 0.191.